The number of ether oxygens (including phenoxy) is 3. The summed E-state index contributed by atoms with van der Waals surface area (Å²) < 4.78 is 18.1. The van der Waals surface area contributed by atoms with E-state index in [2.05, 4.69) is 33.4 Å². The molecule has 3 aromatic carbocycles. The summed E-state index contributed by atoms with van der Waals surface area (Å²) in [4.78, 5) is 11.5. The van der Waals surface area contributed by atoms with E-state index in [0.717, 1.165) is 22.0 Å². The van der Waals surface area contributed by atoms with Gasteiger partial charge in [-0.05, 0) is 69.7 Å². The largest absolute Gasteiger partial charge is 0.495 e. The summed E-state index contributed by atoms with van der Waals surface area (Å²) >= 11 is 9.66. The average Bonchev–Trinajstić information content (AvgIpc) is 3.37. The third kappa shape index (κ3) is 4.40. The van der Waals surface area contributed by atoms with Crippen LogP contribution in [0, 0.1) is 16.0 Å². The van der Waals surface area contributed by atoms with Crippen molar-refractivity contribution in [1.82, 2.24) is 0 Å². The highest BCUT2D eigenvalue weighted by Crippen LogP contribution is 2.55. The predicted molar refractivity (Wildman–Crippen MR) is 142 cm³/mol. The van der Waals surface area contributed by atoms with E-state index in [4.69, 9.17) is 25.8 Å². The molecule has 7 nitrogen and oxygen atoms in total. The quantitative estimate of drug-likeness (QED) is 0.180. The number of rotatable bonds is 7. The second-order valence-electron chi connectivity index (χ2n) is 8.76. The Balaban J connectivity index is 1.51. The van der Waals surface area contributed by atoms with Gasteiger partial charge in [0.25, 0.3) is 5.69 Å². The minimum Gasteiger partial charge on any atom is -0.495 e. The van der Waals surface area contributed by atoms with Crippen molar-refractivity contribution in [3.63, 3.8) is 0 Å². The molecular formula is C27H24BrClN2O5. The Morgan fingerprint density at radius 1 is 1.11 bits per heavy atom. The molecule has 0 aromatic heterocycles. The van der Waals surface area contributed by atoms with Gasteiger partial charge in [-0.3, -0.25) is 10.1 Å². The highest BCUT2D eigenvalue weighted by molar-refractivity contribution is 9.10. The molecule has 0 unspecified atom stereocenters. The van der Waals surface area contributed by atoms with Crippen LogP contribution in [0.25, 0.3) is 0 Å². The lowest BCUT2D eigenvalue weighted by Crippen LogP contribution is -2.30. The molecule has 1 N–H and O–H groups in total. The molecule has 3 atom stereocenters. The van der Waals surface area contributed by atoms with E-state index in [9.17, 15) is 10.1 Å². The monoisotopic (exact) mass is 570 g/mol. The van der Waals surface area contributed by atoms with Gasteiger partial charge in [0, 0.05) is 17.0 Å². The summed E-state index contributed by atoms with van der Waals surface area (Å²) in [6, 6.07) is 14.5. The van der Waals surface area contributed by atoms with Crippen molar-refractivity contribution in [2.24, 2.45) is 5.92 Å². The van der Waals surface area contributed by atoms with Gasteiger partial charge in [0.15, 0.2) is 11.5 Å². The van der Waals surface area contributed by atoms with Crippen LogP contribution in [-0.4, -0.2) is 19.1 Å². The first-order chi connectivity index (χ1) is 17.4. The molecule has 1 heterocycles. The summed E-state index contributed by atoms with van der Waals surface area (Å²) in [6.45, 7) is 0.357. The number of methoxy groups -OCH3 is 2. The first-order valence-corrected chi connectivity index (χ1v) is 12.6. The SMILES string of the molecule is COc1ccc([N+](=O)[O-])c2c1N[C@H](c1cc(Br)c(OCc3ccc(Cl)cc3)c(OC)c1)[C@@H]1CC=C[C@@H]21. The van der Waals surface area contributed by atoms with Gasteiger partial charge in [-0.15, -0.1) is 0 Å². The molecule has 186 valence electrons. The molecule has 0 bridgehead atoms. The molecular weight excluding hydrogens is 548 g/mol. The molecule has 0 amide bonds. The third-order valence-corrected chi connectivity index (χ3v) is 7.62. The topological polar surface area (TPSA) is 82.9 Å². The molecule has 1 aliphatic heterocycles. The number of halogens is 2. The molecule has 36 heavy (non-hydrogen) atoms. The van der Waals surface area contributed by atoms with Crippen molar-refractivity contribution >= 4 is 38.9 Å². The second-order valence-corrected chi connectivity index (χ2v) is 10.0. The first-order valence-electron chi connectivity index (χ1n) is 11.4. The Bertz CT molecular complexity index is 1340. The van der Waals surface area contributed by atoms with Crippen molar-refractivity contribution in [3.8, 4) is 17.2 Å². The Hall–Kier alpha value is -3.23. The number of nitrogens with one attached hydrogen (secondary N) is 1. The van der Waals surface area contributed by atoms with Crippen LogP contribution in [0.5, 0.6) is 17.2 Å². The number of nitrogens with zero attached hydrogens (tertiary/aromatic N) is 1. The van der Waals surface area contributed by atoms with Gasteiger partial charge in [0.2, 0.25) is 0 Å². The van der Waals surface area contributed by atoms with Crippen LogP contribution in [0.15, 0.2) is 65.2 Å². The fraction of sp³-hybridized carbons (Fsp3) is 0.259. The Kier molecular flexibility index (Phi) is 6.81. The lowest BCUT2D eigenvalue weighted by molar-refractivity contribution is -0.385. The summed E-state index contributed by atoms with van der Waals surface area (Å²) in [7, 11) is 3.18. The van der Waals surface area contributed by atoms with Crippen molar-refractivity contribution in [1.29, 1.82) is 0 Å². The number of anilines is 1. The average molecular weight is 572 g/mol. The zero-order valence-corrected chi connectivity index (χ0v) is 22.0. The van der Waals surface area contributed by atoms with E-state index in [1.165, 1.54) is 6.07 Å². The second kappa shape index (κ2) is 10.0. The number of nitro benzene ring substituents is 1. The van der Waals surface area contributed by atoms with Crippen LogP contribution < -0.4 is 19.5 Å². The van der Waals surface area contributed by atoms with Gasteiger partial charge in [0.1, 0.15) is 12.4 Å². The number of fused-ring (bicyclic) bond motifs is 3. The molecule has 2 aliphatic rings. The van der Waals surface area contributed by atoms with Crippen LogP contribution in [-0.2, 0) is 6.61 Å². The number of nitro groups is 1. The summed E-state index contributed by atoms with van der Waals surface area (Å²) in [6.07, 6.45) is 4.96. The molecule has 0 radical (unpaired) electrons. The van der Waals surface area contributed by atoms with E-state index in [1.807, 2.05) is 36.4 Å². The van der Waals surface area contributed by atoms with Gasteiger partial charge in [-0.1, -0.05) is 35.9 Å². The fourth-order valence-corrected chi connectivity index (χ4v) is 5.82. The van der Waals surface area contributed by atoms with Crippen LogP contribution in [0.1, 0.15) is 35.1 Å². The van der Waals surface area contributed by atoms with Gasteiger partial charge in [-0.2, -0.15) is 0 Å². The molecule has 5 rings (SSSR count). The smallest absolute Gasteiger partial charge is 0.275 e. The Labute approximate surface area is 222 Å². The van der Waals surface area contributed by atoms with E-state index in [-0.39, 0.29) is 28.5 Å². The van der Waals surface area contributed by atoms with Gasteiger partial charge in [0.05, 0.1) is 40.9 Å². The lowest BCUT2D eigenvalue weighted by atomic mass is 9.76. The molecule has 1 aliphatic carbocycles. The van der Waals surface area contributed by atoms with Gasteiger partial charge < -0.3 is 19.5 Å². The van der Waals surface area contributed by atoms with Crippen molar-refractivity contribution in [2.45, 2.75) is 25.0 Å². The van der Waals surface area contributed by atoms with Crippen LogP contribution in [0.4, 0.5) is 11.4 Å². The number of benzene rings is 3. The summed E-state index contributed by atoms with van der Waals surface area (Å²) in [5, 5.41) is 16.1. The van der Waals surface area contributed by atoms with Crippen molar-refractivity contribution in [2.75, 3.05) is 19.5 Å². The molecule has 0 spiro atoms. The minimum atomic E-state index is -0.323. The van der Waals surface area contributed by atoms with Crippen molar-refractivity contribution in [3.05, 3.63) is 97.0 Å². The predicted octanol–water partition coefficient (Wildman–Crippen LogP) is 7.43. The van der Waals surface area contributed by atoms with E-state index < -0.39 is 0 Å². The van der Waals surface area contributed by atoms with Crippen LogP contribution >= 0.6 is 27.5 Å². The standard InChI is InChI=1S/C27H24BrClN2O5/c1-34-22-11-10-21(31(32)33)24-18-4-3-5-19(18)25(30-26(22)24)16-12-20(28)27(23(13-16)35-2)36-14-15-6-8-17(29)9-7-15/h3-4,6-13,18-19,25,30H,5,14H2,1-2H3/t18-,19-,25-/m1/s1. The zero-order chi connectivity index (χ0) is 25.4. The number of allylic oxidation sites excluding steroid dienone is 2. The van der Waals surface area contributed by atoms with E-state index in [1.54, 1.807) is 20.3 Å². The number of hydrogen-bond donors (Lipinski definition) is 1. The van der Waals surface area contributed by atoms with Gasteiger partial charge >= 0.3 is 0 Å². The molecule has 0 saturated heterocycles. The molecule has 3 aromatic rings. The third-order valence-electron chi connectivity index (χ3n) is 6.78. The molecule has 9 heteroatoms. The maximum absolute atomic E-state index is 11.8. The van der Waals surface area contributed by atoms with Gasteiger partial charge in [-0.25, -0.2) is 0 Å². The minimum absolute atomic E-state index is 0.0979. The van der Waals surface area contributed by atoms with Crippen LogP contribution in [0.3, 0.4) is 0 Å². The number of hydrogen-bond acceptors (Lipinski definition) is 6. The first kappa shape index (κ1) is 24.5. The van der Waals surface area contributed by atoms with Crippen LogP contribution in [0.2, 0.25) is 5.02 Å². The Morgan fingerprint density at radius 2 is 1.86 bits per heavy atom. The molecule has 0 fully saturated rings. The maximum Gasteiger partial charge on any atom is 0.275 e. The highest BCUT2D eigenvalue weighted by atomic mass is 79.9. The fourth-order valence-electron chi connectivity index (χ4n) is 5.12. The normalized spacial score (nSPS) is 19.7. The van der Waals surface area contributed by atoms with E-state index >= 15 is 0 Å². The summed E-state index contributed by atoms with van der Waals surface area (Å²) in [5.74, 6) is 1.76. The molecule has 0 saturated carbocycles. The summed E-state index contributed by atoms with van der Waals surface area (Å²) in [5.41, 5.74) is 3.39. The highest BCUT2D eigenvalue weighted by Gasteiger charge is 2.43. The lowest BCUT2D eigenvalue weighted by Gasteiger charge is -2.38. The zero-order valence-electron chi connectivity index (χ0n) is 19.7. The van der Waals surface area contributed by atoms with E-state index in [0.29, 0.717) is 40.1 Å². The van der Waals surface area contributed by atoms with Crippen molar-refractivity contribution < 1.29 is 19.1 Å². The maximum atomic E-state index is 11.8. The Morgan fingerprint density at radius 3 is 2.56 bits per heavy atom.